The number of benzene rings is 2. The van der Waals surface area contributed by atoms with Gasteiger partial charge >= 0.3 is 0 Å². The lowest BCUT2D eigenvalue weighted by atomic mass is 10.2. The Labute approximate surface area is 185 Å². The quantitative estimate of drug-likeness (QED) is 0.566. The number of sulfonamides is 1. The third-order valence-corrected chi connectivity index (χ3v) is 7.06. The molecule has 7 nitrogen and oxygen atoms in total. The van der Waals surface area contributed by atoms with Crippen molar-refractivity contribution in [2.75, 3.05) is 18.4 Å². The number of ether oxygens (including phenoxy) is 1. The first kappa shape index (κ1) is 22.0. The van der Waals surface area contributed by atoms with E-state index in [1.807, 2.05) is 0 Å². The fourth-order valence-corrected chi connectivity index (χ4v) is 4.94. The standard InChI is InChI=1S/C23H23FN2O5S/c24-17-4-8-19(9-5-17)30-16-20-10-13-22(31-20)23(27)25-18-6-11-21(12-7-18)32(28,29)26-14-2-1-3-15-26/h4-13H,1-3,14-16H2,(H,25,27). The van der Waals surface area contributed by atoms with Crippen molar-refractivity contribution in [3.8, 4) is 5.75 Å². The fourth-order valence-electron chi connectivity index (χ4n) is 3.42. The second-order valence-corrected chi connectivity index (χ2v) is 9.39. The summed E-state index contributed by atoms with van der Waals surface area (Å²) in [5.41, 5.74) is 0.452. The second-order valence-electron chi connectivity index (χ2n) is 7.45. The summed E-state index contributed by atoms with van der Waals surface area (Å²) in [6, 6.07) is 14.8. The van der Waals surface area contributed by atoms with Gasteiger partial charge < -0.3 is 14.5 Å². The Bertz CT molecular complexity index is 1170. The van der Waals surface area contributed by atoms with Crippen LogP contribution in [0.2, 0.25) is 0 Å². The zero-order valence-corrected chi connectivity index (χ0v) is 18.1. The van der Waals surface area contributed by atoms with Gasteiger partial charge in [0.2, 0.25) is 10.0 Å². The number of amides is 1. The topological polar surface area (TPSA) is 88.9 Å². The maximum atomic E-state index is 12.9. The molecule has 0 atom stereocenters. The SMILES string of the molecule is O=C(Nc1ccc(S(=O)(=O)N2CCCCC2)cc1)c1ccc(COc2ccc(F)cc2)o1. The van der Waals surface area contributed by atoms with Crippen molar-refractivity contribution in [1.82, 2.24) is 4.31 Å². The van der Waals surface area contributed by atoms with Gasteiger partial charge in [-0.05, 0) is 73.5 Å². The summed E-state index contributed by atoms with van der Waals surface area (Å²) >= 11 is 0. The minimum absolute atomic E-state index is 0.0853. The summed E-state index contributed by atoms with van der Waals surface area (Å²) in [5, 5.41) is 2.69. The van der Waals surface area contributed by atoms with Gasteiger partial charge in [0.25, 0.3) is 5.91 Å². The number of furan rings is 1. The molecule has 1 saturated heterocycles. The van der Waals surface area contributed by atoms with Gasteiger partial charge in [0.1, 0.15) is 23.9 Å². The highest BCUT2D eigenvalue weighted by Gasteiger charge is 2.25. The molecule has 1 aliphatic heterocycles. The first-order chi connectivity index (χ1) is 15.4. The molecule has 168 valence electrons. The van der Waals surface area contributed by atoms with Crippen molar-refractivity contribution in [2.24, 2.45) is 0 Å². The van der Waals surface area contributed by atoms with E-state index in [9.17, 15) is 17.6 Å². The van der Waals surface area contributed by atoms with Crippen LogP contribution in [-0.2, 0) is 16.6 Å². The lowest BCUT2D eigenvalue weighted by Gasteiger charge is -2.25. The molecule has 2 heterocycles. The largest absolute Gasteiger partial charge is 0.486 e. The highest BCUT2D eigenvalue weighted by molar-refractivity contribution is 7.89. The third kappa shape index (κ3) is 5.17. The number of piperidine rings is 1. The molecule has 4 rings (SSSR count). The van der Waals surface area contributed by atoms with Crippen LogP contribution in [0.5, 0.6) is 5.75 Å². The van der Waals surface area contributed by atoms with Gasteiger partial charge in [-0.15, -0.1) is 0 Å². The molecule has 1 aliphatic rings. The van der Waals surface area contributed by atoms with E-state index in [-0.39, 0.29) is 23.1 Å². The van der Waals surface area contributed by atoms with E-state index in [4.69, 9.17) is 9.15 Å². The molecule has 0 spiro atoms. The van der Waals surface area contributed by atoms with Crippen LogP contribution in [0.4, 0.5) is 10.1 Å². The number of nitrogens with zero attached hydrogens (tertiary/aromatic N) is 1. The summed E-state index contributed by atoms with van der Waals surface area (Å²) in [6.45, 7) is 1.15. The van der Waals surface area contributed by atoms with Gasteiger partial charge in [0.05, 0.1) is 4.90 Å². The Morgan fingerprint density at radius 1 is 0.969 bits per heavy atom. The molecule has 0 bridgehead atoms. The number of nitrogens with one attached hydrogen (secondary N) is 1. The normalized spacial score (nSPS) is 14.8. The number of carbonyl (C=O) groups excluding carboxylic acids is 1. The molecular weight excluding hydrogens is 435 g/mol. The Balaban J connectivity index is 1.35. The van der Waals surface area contributed by atoms with E-state index in [1.165, 1.54) is 46.8 Å². The second kappa shape index (κ2) is 9.54. The average Bonchev–Trinajstić information content (AvgIpc) is 3.29. The molecule has 1 aromatic heterocycles. The zero-order chi connectivity index (χ0) is 22.6. The maximum Gasteiger partial charge on any atom is 0.291 e. The number of hydrogen-bond acceptors (Lipinski definition) is 5. The van der Waals surface area contributed by atoms with E-state index in [2.05, 4.69) is 5.32 Å². The molecule has 0 unspecified atom stereocenters. The minimum atomic E-state index is -3.52. The highest BCUT2D eigenvalue weighted by atomic mass is 32.2. The molecule has 0 radical (unpaired) electrons. The van der Waals surface area contributed by atoms with Crippen molar-refractivity contribution in [3.05, 3.63) is 78.0 Å². The van der Waals surface area contributed by atoms with E-state index in [0.717, 1.165) is 19.3 Å². The van der Waals surface area contributed by atoms with Gasteiger partial charge in [-0.1, -0.05) is 6.42 Å². The number of anilines is 1. The number of hydrogen-bond donors (Lipinski definition) is 1. The lowest BCUT2D eigenvalue weighted by Crippen LogP contribution is -2.35. The maximum absolute atomic E-state index is 12.9. The van der Waals surface area contributed by atoms with Crippen LogP contribution in [0.25, 0.3) is 0 Å². The lowest BCUT2D eigenvalue weighted by molar-refractivity contribution is 0.0992. The average molecular weight is 459 g/mol. The van der Waals surface area contributed by atoms with Crippen LogP contribution in [0.1, 0.15) is 35.6 Å². The first-order valence-corrected chi connectivity index (χ1v) is 11.7. The smallest absolute Gasteiger partial charge is 0.291 e. The molecule has 1 amide bonds. The first-order valence-electron chi connectivity index (χ1n) is 10.3. The van der Waals surface area contributed by atoms with E-state index < -0.39 is 15.9 Å². The van der Waals surface area contributed by atoms with Crippen LogP contribution >= 0.6 is 0 Å². The van der Waals surface area contributed by atoms with Crippen LogP contribution < -0.4 is 10.1 Å². The molecule has 9 heteroatoms. The van der Waals surface area contributed by atoms with Gasteiger partial charge in [0.15, 0.2) is 5.76 Å². The van der Waals surface area contributed by atoms with Crippen LogP contribution in [-0.4, -0.2) is 31.7 Å². The molecule has 32 heavy (non-hydrogen) atoms. The summed E-state index contributed by atoms with van der Waals surface area (Å²) in [4.78, 5) is 12.7. The minimum Gasteiger partial charge on any atom is -0.486 e. The monoisotopic (exact) mass is 458 g/mol. The fraction of sp³-hybridized carbons (Fsp3) is 0.261. The predicted octanol–water partition coefficient (Wildman–Crippen LogP) is 4.42. The summed E-state index contributed by atoms with van der Waals surface area (Å²) < 4.78 is 50.9. The summed E-state index contributed by atoms with van der Waals surface area (Å²) in [7, 11) is -3.52. The van der Waals surface area contributed by atoms with Crippen molar-refractivity contribution in [2.45, 2.75) is 30.8 Å². The Morgan fingerprint density at radius 3 is 2.34 bits per heavy atom. The van der Waals surface area contributed by atoms with Gasteiger partial charge in [-0.3, -0.25) is 4.79 Å². The van der Waals surface area contributed by atoms with Crippen molar-refractivity contribution < 1.29 is 26.8 Å². The Kier molecular flexibility index (Phi) is 6.57. The van der Waals surface area contributed by atoms with Crippen molar-refractivity contribution in [1.29, 1.82) is 0 Å². The van der Waals surface area contributed by atoms with Crippen LogP contribution in [0.3, 0.4) is 0 Å². The third-order valence-electron chi connectivity index (χ3n) is 5.15. The summed E-state index contributed by atoms with van der Waals surface area (Å²) in [5.74, 6) is 0.180. The van der Waals surface area contributed by atoms with Crippen molar-refractivity contribution in [3.63, 3.8) is 0 Å². The van der Waals surface area contributed by atoms with Crippen LogP contribution in [0.15, 0.2) is 70.0 Å². The van der Waals surface area contributed by atoms with Crippen LogP contribution in [0, 0.1) is 5.82 Å². The molecule has 1 N–H and O–H groups in total. The van der Waals surface area contributed by atoms with Gasteiger partial charge in [0, 0.05) is 18.8 Å². The Morgan fingerprint density at radius 2 is 1.66 bits per heavy atom. The zero-order valence-electron chi connectivity index (χ0n) is 17.3. The number of carbonyl (C=O) groups is 1. The summed E-state index contributed by atoms with van der Waals surface area (Å²) in [6.07, 6.45) is 2.78. The molecule has 1 fully saturated rings. The number of rotatable bonds is 7. The van der Waals surface area contributed by atoms with Gasteiger partial charge in [-0.25, -0.2) is 12.8 Å². The van der Waals surface area contributed by atoms with E-state index in [0.29, 0.717) is 30.3 Å². The highest BCUT2D eigenvalue weighted by Crippen LogP contribution is 2.22. The van der Waals surface area contributed by atoms with E-state index >= 15 is 0 Å². The van der Waals surface area contributed by atoms with Crippen molar-refractivity contribution >= 4 is 21.6 Å². The predicted molar refractivity (Wildman–Crippen MR) is 116 cm³/mol. The molecule has 0 saturated carbocycles. The van der Waals surface area contributed by atoms with E-state index in [1.54, 1.807) is 18.2 Å². The molecule has 3 aromatic rings. The molecular formula is C23H23FN2O5S. The number of halogens is 1. The Hall–Kier alpha value is -3.17. The molecule has 2 aromatic carbocycles. The van der Waals surface area contributed by atoms with Gasteiger partial charge in [-0.2, -0.15) is 4.31 Å². The molecule has 0 aliphatic carbocycles.